The minimum Gasteiger partial charge on any atom is -0.497 e. The second kappa shape index (κ2) is 6.81. The Balaban J connectivity index is 2.04. The molecular weight excluding hydrogens is 348 g/mol. The minimum atomic E-state index is -0.544. The summed E-state index contributed by atoms with van der Waals surface area (Å²) in [4.78, 5) is 28.9. The first-order chi connectivity index (χ1) is 13.1. The van der Waals surface area contributed by atoms with Crippen LogP contribution in [0.25, 0.3) is 16.6 Å². The van der Waals surface area contributed by atoms with Gasteiger partial charge in [-0.15, -0.1) is 0 Å². The molecule has 1 aliphatic heterocycles. The maximum Gasteiger partial charge on any atom is 0.284 e. The van der Waals surface area contributed by atoms with Gasteiger partial charge in [0.15, 0.2) is 0 Å². The van der Waals surface area contributed by atoms with Crippen LogP contribution in [-0.2, 0) is 0 Å². The van der Waals surface area contributed by atoms with Crippen LogP contribution in [0, 0.1) is 10.1 Å². The minimum absolute atomic E-state index is 0.0139. The van der Waals surface area contributed by atoms with E-state index in [1.54, 1.807) is 43.5 Å². The van der Waals surface area contributed by atoms with E-state index in [0.717, 1.165) is 19.4 Å². The van der Waals surface area contributed by atoms with Crippen molar-refractivity contribution < 1.29 is 9.66 Å². The van der Waals surface area contributed by atoms with Gasteiger partial charge in [0, 0.05) is 6.07 Å². The number of hydrogen-bond acceptors (Lipinski definition) is 6. The van der Waals surface area contributed by atoms with Gasteiger partial charge in [0.2, 0.25) is 0 Å². The van der Waals surface area contributed by atoms with Crippen molar-refractivity contribution in [3.8, 4) is 11.4 Å². The van der Waals surface area contributed by atoms with E-state index in [1.807, 2.05) is 0 Å². The summed E-state index contributed by atoms with van der Waals surface area (Å²) in [5.41, 5.74) is 0.249. The summed E-state index contributed by atoms with van der Waals surface area (Å²) in [5, 5.41) is 14.8. The Morgan fingerprint density at radius 1 is 1.26 bits per heavy atom. The summed E-state index contributed by atoms with van der Waals surface area (Å²) in [6.45, 7) is 0.843. The van der Waals surface area contributed by atoms with E-state index in [0.29, 0.717) is 22.8 Å². The van der Waals surface area contributed by atoms with Gasteiger partial charge in [-0.2, -0.15) is 0 Å². The molecule has 0 radical (unpaired) electrons. The molecule has 8 heteroatoms. The molecule has 0 aliphatic carbocycles. The average molecular weight is 366 g/mol. The molecule has 2 heterocycles. The number of ether oxygens (including phenoxy) is 1. The van der Waals surface area contributed by atoms with Gasteiger partial charge in [-0.05, 0) is 49.7 Å². The van der Waals surface area contributed by atoms with Crippen LogP contribution in [-0.4, -0.2) is 28.1 Å². The molecule has 1 fully saturated rings. The maximum atomic E-state index is 13.3. The van der Waals surface area contributed by atoms with Crippen LogP contribution in [0.1, 0.15) is 24.7 Å². The molecule has 0 amide bonds. The van der Waals surface area contributed by atoms with E-state index in [-0.39, 0.29) is 17.1 Å². The number of nitro benzene ring substituents is 1. The number of nitrogens with zero attached hydrogens (tertiary/aromatic N) is 3. The summed E-state index contributed by atoms with van der Waals surface area (Å²) in [5.74, 6) is 1.22. The number of methoxy groups -OCH3 is 1. The van der Waals surface area contributed by atoms with Gasteiger partial charge in [0.1, 0.15) is 17.0 Å². The zero-order chi connectivity index (χ0) is 19.0. The highest BCUT2D eigenvalue weighted by Gasteiger charge is 2.26. The van der Waals surface area contributed by atoms with Gasteiger partial charge in [0.25, 0.3) is 11.2 Å². The SMILES string of the molecule is COc1ccc(-n2c([C@H]3CCCN3)nc3cccc([N+](=O)[O-])c3c2=O)cc1. The molecule has 1 aromatic heterocycles. The highest BCUT2D eigenvalue weighted by atomic mass is 16.6. The molecule has 0 saturated carbocycles. The van der Waals surface area contributed by atoms with Gasteiger partial charge in [0.05, 0.1) is 29.3 Å². The van der Waals surface area contributed by atoms with Crippen molar-refractivity contribution in [2.45, 2.75) is 18.9 Å². The first kappa shape index (κ1) is 17.2. The van der Waals surface area contributed by atoms with Crippen molar-refractivity contribution in [1.29, 1.82) is 0 Å². The molecule has 138 valence electrons. The highest BCUT2D eigenvalue weighted by molar-refractivity contribution is 5.87. The fourth-order valence-electron chi connectivity index (χ4n) is 3.50. The Morgan fingerprint density at radius 2 is 2.04 bits per heavy atom. The third-order valence-corrected chi connectivity index (χ3v) is 4.80. The van der Waals surface area contributed by atoms with Gasteiger partial charge >= 0.3 is 0 Å². The molecule has 0 bridgehead atoms. The largest absolute Gasteiger partial charge is 0.497 e. The molecule has 27 heavy (non-hydrogen) atoms. The third-order valence-electron chi connectivity index (χ3n) is 4.80. The summed E-state index contributed by atoms with van der Waals surface area (Å²) in [6, 6.07) is 11.4. The smallest absolute Gasteiger partial charge is 0.284 e. The summed E-state index contributed by atoms with van der Waals surface area (Å²) >= 11 is 0. The lowest BCUT2D eigenvalue weighted by molar-refractivity contribution is -0.383. The molecule has 1 atom stereocenters. The lowest BCUT2D eigenvalue weighted by Crippen LogP contribution is -2.29. The number of nitrogens with one attached hydrogen (secondary N) is 1. The van der Waals surface area contributed by atoms with E-state index in [1.165, 1.54) is 10.6 Å². The Morgan fingerprint density at radius 3 is 2.67 bits per heavy atom. The van der Waals surface area contributed by atoms with Gasteiger partial charge in [-0.3, -0.25) is 19.5 Å². The monoisotopic (exact) mass is 366 g/mol. The number of rotatable bonds is 4. The van der Waals surface area contributed by atoms with Crippen molar-refractivity contribution in [3.63, 3.8) is 0 Å². The summed E-state index contributed by atoms with van der Waals surface area (Å²) < 4.78 is 6.65. The molecule has 1 aliphatic rings. The van der Waals surface area contributed by atoms with Gasteiger partial charge < -0.3 is 10.1 Å². The van der Waals surface area contributed by atoms with E-state index < -0.39 is 10.5 Å². The lowest BCUT2D eigenvalue weighted by atomic mass is 10.1. The van der Waals surface area contributed by atoms with Crippen LogP contribution < -0.4 is 15.6 Å². The molecule has 0 unspecified atom stereocenters. The Hall–Kier alpha value is -3.26. The molecule has 1 saturated heterocycles. The fourth-order valence-corrected chi connectivity index (χ4v) is 3.50. The fraction of sp³-hybridized carbons (Fsp3) is 0.263. The average Bonchev–Trinajstić information content (AvgIpc) is 3.22. The molecule has 0 spiro atoms. The van der Waals surface area contributed by atoms with Crippen LogP contribution in [0.2, 0.25) is 0 Å². The van der Waals surface area contributed by atoms with Crippen molar-refractivity contribution in [1.82, 2.24) is 14.9 Å². The second-order valence-corrected chi connectivity index (χ2v) is 6.39. The highest BCUT2D eigenvalue weighted by Crippen LogP contribution is 2.28. The van der Waals surface area contributed by atoms with Gasteiger partial charge in [-0.25, -0.2) is 4.98 Å². The topological polar surface area (TPSA) is 99.3 Å². The number of non-ortho nitro benzene ring substituents is 1. The first-order valence-corrected chi connectivity index (χ1v) is 8.68. The number of aromatic nitrogens is 2. The molecule has 2 aromatic carbocycles. The van der Waals surface area contributed by atoms with E-state index in [2.05, 4.69) is 10.3 Å². The number of benzene rings is 2. The lowest BCUT2D eigenvalue weighted by Gasteiger charge is -2.18. The molecule has 1 N–H and O–H groups in total. The molecule has 4 rings (SSSR count). The molecule has 3 aromatic rings. The van der Waals surface area contributed by atoms with Crippen LogP contribution in [0.15, 0.2) is 47.3 Å². The van der Waals surface area contributed by atoms with Crippen molar-refractivity contribution in [2.24, 2.45) is 0 Å². The maximum absolute atomic E-state index is 13.3. The Labute approximate surface area is 154 Å². The van der Waals surface area contributed by atoms with Crippen LogP contribution in [0.5, 0.6) is 5.75 Å². The van der Waals surface area contributed by atoms with Crippen molar-refractivity contribution in [3.05, 3.63) is 68.8 Å². The van der Waals surface area contributed by atoms with Crippen molar-refractivity contribution in [2.75, 3.05) is 13.7 Å². The van der Waals surface area contributed by atoms with Crippen LogP contribution >= 0.6 is 0 Å². The zero-order valence-electron chi connectivity index (χ0n) is 14.7. The molecule has 8 nitrogen and oxygen atoms in total. The van der Waals surface area contributed by atoms with E-state index >= 15 is 0 Å². The Kier molecular flexibility index (Phi) is 4.33. The summed E-state index contributed by atoms with van der Waals surface area (Å²) in [7, 11) is 1.57. The second-order valence-electron chi connectivity index (χ2n) is 6.39. The predicted octanol–water partition coefficient (Wildman–Crippen LogP) is 2.73. The van der Waals surface area contributed by atoms with Gasteiger partial charge in [-0.1, -0.05) is 6.07 Å². The number of fused-ring (bicyclic) bond motifs is 1. The summed E-state index contributed by atoms with van der Waals surface area (Å²) in [6.07, 6.45) is 1.83. The van der Waals surface area contributed by atoms with E-state index in [9.17, 15) is 14.9 Å². The van der Waals surface area contributed by atoms with E-state index in [4.69, 9.17) is 4.74 Å². The standard InChI is InChI=1S/C19H18N4O4/c1-27-13-9-7-12(8-10-13)22-18(15-5-3-11-20-15)21-14-4-2-6-16(23(25)26)17(14)19(22)24/h2,4,6-10,15,20H,3,5,11H2,1H3/t15-/m1/s1. The number of hydrogen-bond donors (Lipinski definition) is 1. The third kappa shape index (κ3) is 2.93. The Bertz CT molecular complexity index is 1070. The quantitative estimate of drug-likeness (QED) is 0.563. The van der Waals surface area contributed by atoms with Crippen molar-refractivity contribution >= 4 is 16.6 Å². The van der Waals surface area contributed by atoms with Crippen LogP contribution in [0.4, 0.5) is 5.69 Å². The predicted molar refractivity (Wildman–Crippen MR) is 101 cm³/mol. The normalized spacial score (nSPS) is 16.6. The zero-order valence-corrected chi connectivity index (χ0v) is 14.7. The number of nitro groups is 1. The first-order valence-electron chi connectivity index (χ1n) is 8.68. The van der Waals surface area contributed by atoms with Crippen LogP contribution in [0.3, 0.4) is 0 Å². The molecular formula is C19H18N4O4.